The minimum atomic E-state index is -0.591. The first-order valence-corrected chi connectivity index (χ1v) is 7.09. The van der Waals surface area contributed by atoms with E-state index in [0.717, 1.165) is 26.1 Å². The average Bonchev–Trinajstić information content (AvgIpc) is 2.96. The van der Waals surface area contributed by atoms with Gasteiger partial charge in [-0.2, -0.15) is 0 Å². The summed E-state index contributed by atoms with van der Waals surface area (Å²) in [6, 6.07) is 0. The van der Waals surface area contributed by atoms with Crippen molar-refractivity contribution in [3.63, 3.8) is 0 Å². The molecular formula is C13H26N2O2. The molecule has 4 nitrogen and oxygen atoms in total. The van der Waals surface area contributed by atoms with Gasteiger partial charge in [0.05, 0.1) is 6.61 Å². The fraction of sp³-hybridized carbons (Fsp3) is 1.00. The van der Waals surface area contributed by atoms with E-state index in [1.807, 2.05) is 0 Å². The molecule has 0 spiro atoms. The number of hydrogen-bond donors (Lipinski definition) is 1. The topological polar surface area (TPSA) is 35.9 Å². The SMILES string of the molecule is OC(CN1CCCC1)OCCCN1CCCC1. The molecule has 0 amide bonds. The minimum Gasteiger partial charge on any atom is -0.367 e. The lowest BCUT2D eigenvalue weighted by atomic mass is 10.4. The third kappa shape index (κ3) is 4.92. The summed E-state index contributed by atoms with van der Waals surface area (Å²) < 4.78 is 5.45. The van der Waals surface area contributed by atoms with Crippen LogP contribution < -0.4 is 0 Å². The highest BCUT2D eigenvalue weighted by molar-refractivity contribution is 4.67. The molecule has 1 unspecified atom stereocenters. The molecule has 0 saturated carbocycles. The van der Waals surface area contributed by atoms with E-state index in [0.29, 0.717) is 13.2 Å². The normalized spacial score (nSPS) is 24.5. The van der Waals surface area contributed by atoms with Gasteiger partial charge in [0.2, 0.25) is 0 Å². The Balaban J connectivity index is 1.46. The molecule has 1 N–H and O–H groups in total. The summed E-state index contributed by atoms with van der Waals surface area (Å²) in [6.45, 7) is 7.22. The zero-order valence-electron chi connectivity index (χ0n) is 10.8. The van der Waals surface area contributed by atoms with E-state index in [1.165, 1.54) is 38.8 Å². The van der Waals surface area contributed by atoms with E-state index >= 15 is 0 Å². The van der Waals surface area contributed by atoms with Crippen molar-refractivity contribution in [1.82, 2.24) is 9.80 Å². The molecule has 0 aromatic carbocycles. The van der Waals surface area contributed by atoms with Crippen molar-refractivity contribution in [3.05, 3.63) is 0 Å². The fourth-order valence-corrected chi connectivity index (χ4v) is 2.75. The molecule has 0 aliphatic carbocycles. The fourth-order valence-electron chi connectivity index (χ4n) is 2.75. The second-order valence-corrected chi connectivity index (χ2v) is 5.24. The predicted molar refractivity (Wildman–Crippen MR) is 67.9 cm³/mol. The molecule has 0 bridgehead atoms. The van der Waals surface area contributed by atoms with E-state index < -0.39 is 6.29 Å². The molecule has 2 heterocycles. The summed E-state index contributed by atoms with van der Waals surface area (Å²) in [7, 11) is 0. The Hall–Kier alpha value is -0.160. The maximum Gasteiger partial charge on any atom is 0.167 e. The largest absolute Gasteiger partial charge is 0.367 e. The maximum atomic E-state index is 9.72. The first-order chi connectivity index (χ1) is 8.34. The maximum absolute atomic E-state index is 9.72. The van der Waals surface area contributed by atoms with Crippen molar-refractivity contribution < 1.29 is 9.84 Å². The lowest BCUT2D eigenvalue weighted by Crippen LogP contribution is -2.32. The summed E-state index contributed by atoms with van der Waals surface area (Å²) in [6.07, 6.45) is 5.67. The number of likely N-dealkylation sites (tertiary alicyclic amines) is 2. The van der Waals surface area contributed by atoms with Crippen molar-refractivity contribution in [2.75, 3.05) is 45.9 Å². The highest BCUT2D eigenvalue weighted by Crippen LogP contribution is 2.09. The van der Waals surface area contributed by atoms with Crippen LogP contribution in [0.5, 0.6) is 0 Å². The first kappa shape index (κ1) is 13.3. The number of ether oxygens (including phenoxy) is 1. The average molecular weight is 242 g/mol. The van der Waals surface area contributed by atoms with Gasteiger partial charge in [0, 0.05) is 13.1 Å². The molecule has 2 saturated heterocycles. The van der Waals surface area contributed by atoms with Crippen LogP contribution in [-0.2, 0) is 4.74 Å². The smallest absolute Gasteiger partial charge is 0.167 e. The molecule has 0 aromatic heterocycles. The summed E-state index contributed by atoms with van der Waals surface area (Å²) in [4.78, 5) is 4.77. The van der Waals surface area contributed by atoms with E-state index in [9.17, 15) is 5.11 Å². The van der Waals surface area contributed by atoms with Gasteiger partial charge in [-0.3, -0.25) is 4.90 Å². The van der Waals surface area contributed by atoms with Crippen LogP contribution in [0.1, 0.15) is 32.1 Å². The Morgan fingerprint density at radius 2 is 1.53 bits per heavy atom. The van der Waals surface area contributed by atoms with Gasteiger partial charge in [-0.15, -0.1) is 0 Å². The van der Waals surface area contributed by atoms with Crippen LogP contribution in [0.2, 0.25) is 0 Å². The molecular weight excluding hydrogens is 216 g/mol. The van der Waals surface area contributed by atoms with Crippen molar-refractivity contribution in [1.29, 1.82) is 0 Å². The molecule has 2 aliphatic heterocycles. The first-order valence-electron chi connectivity index (χ1n) is 7.09. The molecule has 1 atom stereocenters. The number of β-amino-alcohol motifs (C(OH)–C–C–N with tert-alkyl or cyclic N) is 1. The van der Waals surface area contributed by atoms with Crippen molar-refractivity contribution in [2.24, 2.45) is 0 Å². The molecule has 100 valence electrons. The van der Waals surface area contributed by atoms with Gasteiger partial charge in [-0.25, -0.2) is 0 Å². The van der Waals surface area contributed by atoms with Crippen LogP contribution in [0.25, 0.3) is 0 Å². The summed E-state index contributed by atoms with van der Waals surface area (Å²) in [5, 5.41) is 9.72. The Kier molecular flexibility index (Phi) is 5.71. The predicted octanol–water partition coefficient (Wildman–Crippen LogP) is 0.903. The molecule has 17 heavy (non-hydrogen) atoms. The van der Waals surface area contributed by atoms with Gasteiger partial charge in [0.1, 0.15) is 0 Å². The lowest BCUT2D eigenvalue weighted by molar-refractivity contribution is -0.112. The van der Waals surface area contributed by atoms with Gasteiger partial charge in [0.15, 0.2) is 6.29 Å². The third-order valence-corrected chi connectivity index (χ3v) is 3.74. The molecule has 2 fully saturated rings. The zero-order valence-corrected chi connectivity index (χ0v) is 10.8. The van der Waals surface area contributed by atoms with Crippen LogP contribution >= 0.6 is 0 Å². The lowest BCUT2D eigenvalue weighted by Gasteiger charge is -2.20. The molecule has 2 rings (SSSR count). The summed E-state index contributed by atoms with van der Waals surface area (Å²) in [5.41, 5.74) is 0. The van der Waals surface area contributed by atoms with E-state index in [-0.39, 0.29) is 0 Å². The van der Waals surface area contributed by atoms with Crippen LogP contribution in [0, 0.1) is 0 Å². The second kappa shape index (κ2) is 7.31. The third-order valence-electron chi connectivity index (χ3n) is 3.74. The highest BCUT2D eigenvalue weighted by atomic mass is 16.6. The Morgan fingerprint density at radius 1 is 0.941 bits per heavy atom. The Labute approximate surface area is 105 Å². The Bertz CT molecular complexity index is 202. The molecule has 0 radical (unpaired) electrons. The Morgan fingerprint density at radius 3 is 2.18 bits per heavy atom. The van der Waals surface area contributed by atoms with Crippen LogP contribution in [0.15, 0.2) is 0 Å². The van der Waals surface area contributed by atoms with Crippen molar-refractivity contribution in [3.8, 4) is 0 Å². The van der Waals surface area contributed by atoms with Crippen molar-refractivity contribution in [2.45, 2.75) is 38.4 Å². The van der Waals surface area contributed by atoms with Crippen molar-refractivity contribution >= 4 is 0 Å². The number of nitrogens with zero attached hydrogens (tertiary/aromatic N) is 2. The van der Waals surface area contributed by atoms with Gasteiger partial charge in [0.25, 0.3) is 0 Å². The van der Waals surface area contributed by atoms with Crippen LogP contribution in [0.4, 0.5) is 0 Å². The zero-order chi connectivity index (χ0) is 11.9. The standard InChI is InChI=1S/C13H26N2O2/c16-13(12-15-8-3-4-9-15)17-11-5-10-14-6-1-2-7-14/h13,16H,1-12H2. The van der Waals surface area contributed by atoms with E-state index in [1.54, 1.807) is 0 Å². The molecule has 0 aromatic rings. The molecule has 2 aliphatic rings. The van der Waals surface area contributed by atoms with E-state index in [2.05, 4.69) is 9.80 Å². The number of aliphatic hydroxyl groups excluding tert-OH is 1. The monoisotopic (exact) mass is 242 g/mol. The van der Waals surface area contributed by atoms with E-state index in [4.69, 9.17) is 4.74 Å². The van der Waals surface area contributed by atoms with Gasteiger partial charge >= 0.3 is 0 Å². The van der Waals surface area contributed by atoms with Gasteiger partial charge in [-0.1, -0.05) is 0 Å². The quantitative estimate of drug-likeness (QED) is 0.531. The van der Waals surface area contributed by atoms with Gasteiger partial charge < -0.3 is 14.7 Å². The number of rotatable bonds is 7. The number of aliphatic hydroxyl groups is 1. The summed E-state index contributed by atoms with van der Waals surface area (Å²) >= 11 is 0. The number of hydrogen-bond acceptors (Lipinski definition) is 4. The van der Waals surface area contributed by atoms with Gasteiger partial charge in [-0.05, 0) is 58.3 Å². The second-order valence-electron chi connectivity index (χ2n) is 5.24. The highest BCUT2D eigenvalue weighted by Gasteiger charge is 2.16. The minimum absolute atomic E-state index is 0.591. The van der Waals surface area contributed by atoms with Crippen LogP contribution in [-0.4, -0.2) is 67.1 Å². The summed E-state index contributed by atoms with van der Waals surface area (Å²) in [5.74, 6) is 0. The molecule has 4 heteroatoms. The van der Waals surface area contributed by atoms with Crippen LogP contribution in [0.3, 0.4) is 0 Å².